The molecule has 2 rings (SSSR count). The highest BCUT2D eigenvalue weighted by Gasteiger charge is 2.10. The molecule has 0 atom stereocenters. The number of carbonyl (C=O) groups is 1. The number of hydrogen-bond donors (Lipinski definition) is 2. The fourth-order valence-electron chi connectivity index (χ4n) is 1.84. The molecule has 1 aromatic heterocycles. The number of imidazole rings is 1. The number of aromatic carboxylic acids is 1. The predicted octanol–water partition coefficient (Wildman–Crippen LogP) is 1.20. The lowest BCUT2D eigenvalue weighted by Gasteiger charge is -2.00. The number of benzene rings is 1. The van der Waals surface area contributed by atoms with Gasteiger partial charge in [-0.25, -0.2) is 9.78 Å². The van der Waals surface area contributed by atoms with Crippen molar-refractivity contribution in [1.29, 1.82) is 0 Å². The first-order valence-corrected chi connectivity index (χ1v) is 5.43. The van der Waals surface area contributed by atoms with Crippen LogP contribution in [0, 0.1) is 0 Å². The Hall–Kier alpha value is -1.88. The van der Waals surface area contributed by atoms with Crippen LogP contribution in [0.2, 0.25) is 0 Å². The third-order valence-electron chi connectivity index (χ3n) is 2.78. The third-order valence-corrected chi connectivity index (χ3v) is 2.78. The second-order valence-electron chi connectivity index (χ2n) is 3.92. The fraction of sp³-hybridized carbons (Fsp3) is 0.333. The van der Waals surface area contributed by atoms with Gasteiger partial charge in [0, 0.05) is 20.1 Å². The Morgan fingerprint density at radius 3 is 2.88 bits per heavy atom. The molecule has 0 saturated carbocycles. The number of aryl methyl sites for hydroxylation is 2. The molecule has 0 fully saturated rings. The van der Waals surface area contributed by atoms with Gasteiger partial charge in [-0.05, 0) is 24.6 Å². The van der Waals surface area contributed by atoms with Crippen molar-refractivity contribution in [2.24, 2.45) is 7.05 Å². The van der Waals surface area contributed by atoms with E-state index in [4.69, 9.17) is 10.2 Å². The zero-order valence-corrected chi connectivity index (χ0v) is 9.55. The summed E-state index contributed by atoms with van der Waals surface area (Å²) >= 11 is 0. The number of aliphatic hydroxyl groups is 1. The highest BCUT2D eigenvalue weighted by molar-refractivity contribution is 5.92. The number of hydrogen-bond acceptors (Lipinski definition) is 3. The van der Waals surface area contributed by atoms with E-state index in [1.54, 1.807) is 18.2 Å². The van der Waals surface area contributed by atoms with Gasteiger partial charge in [0.2, 0.25) is 0 Å². The number of aliphatic hydroxyl groups excluding tert-OH is 1. The molecule has 0 spiro atoms. The lowest BCUT2D eigenvalue weighted by molar-refractivity contribution is 0.0697. The summed E-state index contributed by atoms with van der Waals surface area (Å²) < 4.78 is 1.93. The second-order valence-corrected chi connectivity index (χ2v) is 3.92. The molecule has 90 valence electrons. The van der Waals surface area contributed by atoms with Crippen LogP contribution in [0.4, 0.5) is 0 Å². The van der Waals surface area contributed by atoms with E-state index < -0.39 is 5.97 Å². The molecule has 2 aromatic rings. The average Bonchev–Trinajstić information content (AvgIpc) is 2.63. The van der Waals surface area contributed by atoms with Crippen molar-refractivity contribution in [2.75, 3.05) is 6.61 Å². The zero-order valence-electron chi connectivity index (χ0n) is 9.55. The summed E-state index contributed by atoms with van der Waals surface area (Å²) in [6, 6.07) is 4.90. The summed E-state index contributed by atoms with van der Waals surface area (Å²) in [6.45, 7) is 0.129. The van der Waals surface area contributed by atoms with Crippen LogP contribution < -0.4 is 0 Å². The smallest absolute Gasteiger partial charge is 0.335 e. The Labute approximate surface area is 98.3 Å². The lowest BCUT2D eigenvalue weighted by atomic mass is 10.2. The van der Waals surface area contributed by atoms with Crippen molar-refractivity contribution in [3.05, 3.63) is 29.6 Å². The SMILES string of the molecule is Cn1c(CCCO)nc2cc(C(=O)O)ccc21. The van der Waals surface area contributed by atoms with E-state index in [9.17, 15) is 4.79 Å². The second kappa shape index (κ2) is 4.55. The highest BCUT2D eigenvalue weighted by atomic mass is 16.4. The quantitative estimate of drug-likeness (QED) is 0.833. The van der Waals surface area contributed by atoms with Gasteiger partial charge in [0.15, 0.2) is 0 Å². The van der Waals surface area contributed by atoms with Crippen LogP contribution in [0.1, 0.15) is 22.6 Å². The van der Waals surface area contributed by atoms with Gasteiger partial charge >= 0.3 is 5.97 Å². The van der Waals surface area contributed by atoms with Crippen molar-refractivity contribution >= 4 is 17.0 Å². The molecule has 0 aliphatic rings. The third kappa shape index (κ3) is 2.14. The fourth-order valence-corrected chi connectivity index (χ4v) is 1.84. The maximum atomic E-state index is 10.8. The summed E-state index contributed by atoms with van der Waals surface area (Å²) in [5.74, 6) is -0.0916. The lowest BCUT2D eigenvalue weighted by Crippen LogP contribution is -1.99. The molecule has 5 nitrogen and oxygen atoms in total. The molecule has 1 aromatic carbocycles. The molecule has 5 heteroatoms. The first-order valence-electron chi connectivity index (χ1n) is 5.43. The van der Waals surface area contributed by atoms with Crippen LogP contribution in [0.25, 0.3) is 11.0 Å². The van der Waals surface area contributed by atoms with Crippen molar-refractivity contribution in [3.63, 3.8) is 0 Å². The monoisotopic (exact) mass is 234 g/mol. The van der Waals surface area contributed by atoms with E-state index in [0.29, 0.717) is 18.4 Å². The van der Waals surface area contributed by atoms with E-state index >= 15 is 0 Å². The van der Waals surface area contributed by atoms with E-state index in [2.05, 4.69) is 4.98 Å². The van der Waals surface area contributed by atoms with Crippen LogP contribution in [-0.4, -0.2) is 32.3 Å². The van der Waals surface area contributed by atoms with E-state index in [-0.39, 0.29) is 12.2 Å². The standard InChI is InChI=1S/C12H14N2O3/c1-14-10-5-4-8(12(16)17)7-9(10)13-11(14)3-2-6-15/h4-5,7,15H,2-3,6H2,1H3,(H,16,17). The van der Waals surface area contributed by atoms with E-state index in [1.165, 1.54) is 0 Å². The van der Waals surface area contributed by atoms with Crippen LogP contribution in [0.5, 0.6) is 0 Å². The largest absolute Gasteiger partial charge is 0.478 e. The van der Waals surface area contributed by atoms with Crippen LogP contribution in [0.3, 0.4) is 0 Å². The van der Waals surface area contributed by atoms with Crippen LogP contribution in [0.15, 0.2) is 18.2 Å². The molecule has 0 bridgehead atoms. The highest BCUT2D eigenvalue weighted by Crippen LogP contribution is 2.17. The summed E-state index contributed by atoms with van der Waals surface area (Å²) in [5, 5.41) is 17.7. The van der Waals surface area contributed by atoms with Gasteiger partial charge < -0.3 is 14.8 Å². The molecule has 0 amide bonds. The van der Waals surface area contributed by atoms with Crippen molar-refractivity contribution in [3.8, 4) is 0 Å². The molecular weight excluding hydrogens is 220 g/mol. The van der Waals surface area contributed by atoms with Crippen molar-refractivity contribution in [1.82, 2.24) is 9.55 Å². The Bertz CT molecular complexity index is 560. The van der Waals surface area contributed by atoms with E-state index in [0.717, 1.165) is 11.3 Å². The molecular formula is C12H14N2O3. The maximum Gasteiger partial charge on any atom is 0.335 e. The van der Waals surface area contributed by atoms with Crippen molar-refractivity contribution < 1.29 is 15.0 Å². The molecule has 0 radical (unpaired) electrons. The van der Waals surface area contributed by atoms with Gasteiger partial charge in [-0.2, -0.15) is 0 Å². The van der Waals surface area contributed by atoms with Crippen LogP contribution >= 0.6 is 0 Å². The van der Waals surface area contributed by atoms with Crippen LogP contribution in [-0.2, 0) is 13.5 Å². The maximum absolute atomic E-state index is 10.8. The number of aromatic nitrogens is 2. The minimum atomic E-state index is -0.950. The molecule has 1 heterocycles. The predicted molar refractivity (Wildman–Crippen MR) is 63.1 cm³/mol. The van der Waals surface area contributed by atoms with E-state index in [1.807, 2.05) is 11.6 Å². The molecule has 0 aliphatic heterocycles. The summed E-state index contributed by atoms with van der Waals surface area (Å²) in [6.07, 6.45) is 1.34. The minimum absolute atomic E-state index is 0.129. The number of carboxylic acid groups (broad SMARTS) is 1. The number of nitrogens with zero attached hydrogens (tertiary/aromatic N) is 2. The Kier molecular flexibility index (Phi) is 3.10. The number of fused-ring (bicyclic) bond motifs is 1. The topological polar surface area (TPSA) is 75.3 Å². The first-order chi connectivity index (χ1) is 8.13. The van der Waals surface area contributed by atoms with Gasteiger partial charge in [-0.15, -0.1) is 0 Å². The van der Waals surface area contributed by atoms with Gasteiger partial charge in [0.25, 0.3) is 0 Å². The van der Waals surface area contributed by atoms with Gasteiger partial charge in [0.1, 0.15) is 5.82 Å². The molecule has 17 heavy (non-hydrogen) atoms. The zero-order chi connectivity index (χ0) is 12.4. The molecule has 0 aliphatic carbocycles. The summed E-state index contributed by atoms with van der Waals surface area (Å²) in [4.78, 5) is 15.2. The van der Waals surface area contributed by atoms with Gasteiger partial charge in [0.05, 0.1) is 16.6 Å². The number of carboxylic acids is 1. The minimum Gasteiger partial charge on any atom is -0.478 e. The van der Waals surface area contributed by atoms with Gasteiger partial charge in [-0.1, -0.05) is 0 Å². The normalized spacial score (nSPS) is 10.9. The average molecular weight is 234 g/mol. The number of rotatable bonds is 4. The van der Waals surface area contributed by atoms with Crippen molar-refractivity contribution in [2.45, 2.75) is 12.8 Å². The first kappa shape index (κ1) is 11.6. The molecule has 2 N–H and O–H groups in total. The van der Waals surface area contributed by atoms with Gasteiger partial charge in [-0.3, -0.25) is 0 Å². The summed E-state index contributed by atoms with van der Waals surface area (Å²) in [7, 11) is 1.89. The molecule has 0 unspecified atom stereocenters. The summed E-state index contributed by atoms with van der Waals surface area (Å²) in [5.41, 5.74) is 1.83. The Morgan fingerprint density at radius 2 is 2.24 bits per heavy atom. The Morgan fingerprint density at radius 1 is 1.47 bits per heavy atom. The molecule has 0 saturated heterocycles. The Balaban J connectivity index is 2.45.